The number of methoxy groups -OCH3 is 1. The van der Waals surface area contributed by atoms with Crippen molar-refractivity contribution < 1.29 is 14.3 Å². The molecule has 0 spiro atoms. The Kier molecular flexibility index (Phi) is 7.54. The third kappa shape index (κ3) is 5.68. The van der Waals surface area contributed by atoms with Crippen molar-refractivity contribution in [3.63, 3.8) is 0 Å². The number of amides is 1. The van der Waals surface area contributed by atoms with E-state index in [2.05, 4.69) is 10.1 Å². The fraction of sp³-hybridized carbons (Fsp3) is 0.833. The average molecular weight is 244 g/mol. The van der Waals surface area contributed by atoms with Crippen LogP contribution in [0.15, 0.2) is 0 Å². The molecular weight excluding hydrogens is 220 g/mol. The van der Waals surface area contributed by atoms with Crippen LogP contribution in [0.25, 0.3) is 0 Å². The molecule has 0 saturated carbocycles. The van der Waals surface area contributed by atoms with Crippen molar-refractivity contribution in [2.75, 3.05) is 13.7 Å². The van der Waals surface area contributed by atoms with E-state index in [4.69, 9.17) is 5.73 Å². The molecule has 3 N–H and O–H groups in total. The van der Waals surface area contributed by atoms with Crippen molar-refractivity contribution in [1.82, 2.24) is 5.32 Å². The summed E-state index contributed by atoms with van der Waals surface area (Å²) < 4.78 is 4.66. The van der Waals surface area contributed by atoms with Gasteiger partial charge < -0.3 is 15.8 Å². The molecule has 17 heavy (non-hydrogen) atoms. The first-order chi connectivity index (χ1) is 7.93. The molecule has 0 saturated heterocycles. The van der Waals surface area contributed by atoms with Gasteiger partial charge in [-0.25, -0.2) is 4.79 Å². The quantitative estimate of drug-likeness (QED) is 0.645. The summed E-state index contributed by atoms with van der Waals surface area (Å²) in [5.74, 6) is -0.653. The molecule has 0 aliphatic carbocycles. The molecule has 0 fully saturated rings. The van der Waals surface area contributed by atoms with E-state index in [9.17, 15) is 9.59 Å². The summed E-state index contributed by atoms with van der Waals surface area (Å²) in [4.78, 5) is 23.3. The Morgan fingerprint density at radius 3 is 2.29 bits per heavy atom. The van der Waals surface area contributed by atoms with Crippen LogP contribution in [0.1, 0.15) is 33.6 Å². The van der Waals surface area contributed by atoms with Gasteiger partial charge in [-0.1, -0.05) is 20.8 Å². The van der Waals surface area contributed by atoms with Crippen LogP contribution < -0.4 is 11.1 Å². The molecule has 100 valence electrons. The van der Waals surface area contributed by atoms with Gasteiger partial charge in [-0.05, 0) is 25.3 Å². The Balaban J connectivity index is 4.35. The molecule has 0 radical (unpaired) electrons. The molecule has 0 aromatic heterocycles. The highest BCUT2D eigenvalue weighted by Crippen LogP contribution is 2.08. The van der Waals surface area contributed by atoms with E-state index in [1.165, 1.54) is 7.11 Å². The molecule has 2 atom stereocenters. The van der Waals surface area contributed by atoms with Gasteiger partial charge in [-0.3, -0.25) is 4.79 Å². The van der Waals surface area contributed by atoms with Crippen LogP contribution >= 0.6 is 0 Å². The first-order valence-electron chi connectivity index (χ1n) is 6.02. The van der Waals surface area contributed by atoms with Gasteiger partial charge in [0.25, 0.3) is 0 Å². The smallest absolute Gasteiger partial charge is 0.328 e. The van der Waals surface area contributed by atoms with Crippen molar-refractivity contribution in [3.8, 4) is 0 Å². The minimum atomic E-state index is -0.576. The second-order valence-corrected chi connectivity index (χ2v) is 4.59. The summed E-state index contributed by atoms with van der Waals surface area (Å²) in [7, 11) is 1.32. The van der Waals surface area contributed by atoms with Crippen LogP contribution in [0.2, 0.25) is 0 Å². The lowest BCUT2D eigenvalue weighted by Crippen LogP contribution is -2.46. The maximum atomic E-state index is 11.8. The van der Waals surface area contributed by atoms with Crippen LogP contribution in [0.3, 0.4) is 0 Å². The summed E-state index contributed by atoms with van der Waals surface area (Å²) in [5, 5.41) is 2.72. The lowest BCUT2D eigenvalue weighted by Gasteiger charge is -2.21. The van der Waals surface area contributed by atoms with Crippen LogP contribution in [0.4, 0.5) is 0 Å². The topological polar surface area (TPSA) is 81.4 Å². The number of hydrogen-bond donors (Lipinski definition) is 2. The normalized spacial score (nSPS) is 14.2. The van der Waals surface area contributed by atoms with E-state index < -0.39 is 12.0 Å². The van der Waals surface area contributed by atoms with Crippen molar-refractivity contribution in [3.05, 3.63) is 0 Å². The van der Waals surface area contributed by atoms with Gasteiger partial charge >= 0.3 is 5.97 Å². The number of carbonyl (C=O) groups is 2. The number of rotatable bonds is 7. The predicted octanol–water partition coefficient (Wildman–Crippen LogP) is 0.675. The first-order valence-corrected chi connectivity index (χ1v) is 6.02. The third-order valence-corrected chi connectivity index (χ3v) is 2.71. The monoisotopic (exact) mass is 244 g/mol. The molecule has 0 bridgehead atoms. The minimum Gasteiger partial charge on any atom is -0.467 e. The molecule has 5 nitrogen and oxygen atoms in total. The van der Waals surface area contributed by atoms with E-state index in [0.717, 1.165) is 12.8 Å². The van der Waals surface area contributed by atoms with Crippen LogP contribution in [0.5, 0.6) is 0 Å². The lowest BCUT2D eigenvalue weighted by molar-refractivity contribution is -0.146. The number of hydrogen-bond acceptors (Lipinski definition) is 4. The highest BCUT2D eigenvalue weighted by Gasteiger charge is 2.26. The van der Waals surface area contributed by atoms with Gasteiger partial charge in [-0.15, -0.1) is 0 Å². The Morgan fingerprint density at radius 1 is 1.29 bits per heavy atom. The highest BCUT2D eigenvalue weighted by molar-refractivity contribution is 5.85. The Hall–Kier alpha value is -1.10. The van der Waals surface area contributed by atoms with Crippen molar-refractivity contribution in [2.45, 2.75) is 39.7 Å². The van der Waals surface area contributed by atoms with Crippen molar-refractivity contribution in [2.24, 2.45) is 17.6 Å². The Morgan fingerprint density at radius 2 is 1.88 bits per heavy atom. The van der Waals surface area contributed by atoms with Gasteiger partial charge in [0.1, 0.15) is 6.04 Å². The van der Waals surface area contributed by atoms with E-state index in [0.29, 0.717) is 6.54 Å². The highest BCUT2D eigenvalue weighted by atomic mass is 16.5. The SMILES string of the molecule is COC(=O)C(NC(=O)C(C)CCCN)C(C)C. The number of nitrogens with two attached hydrogens (primary N) is 1. The summed E-state index contributed by atoms with van der Waals surface area (Å²) in [6.45, 7) is 6.14. The van der Waals surface area contributed by atoms with Crippen LogP contribution in [-0.2, 0) is 14.3 Å². The van der Waals surface area contributed by atoms with E-state index >= 15 is 0 Å². The molecular formula is C12H24N2O3. The third-order valence-electron chi connectivity index (χ3n) is 2.71. The number of ether oxygens (including phenoxy) is 1. The van der Waals surface area contributed by atoms with Crippen LogP contribution in [-0.4, -0.2) is 31.6 Å². The standard InChI is InChI=1S/C12H24N2O3/c1-8(2)10(12(16)17-4)14-11(15)9(3)6-5-7-13/h8-10H,5-7,13H2,1-4H3,(H,14,15). The summed E-state index contributed by atoms with van der Waals surface area (Å²) >= 11 is 0. The van der Waals surface area contributed by atoms with Gasteiger partial charge in [0, 0.05) is 5.92 Å². The van der Waals surface area contributed by atoms with Gasteiger partial charge in [0.2, 0.25) is 5.91 Å². The molecule has 1 amide bonds. The van der Waals surface area contributed by atoms with E-state index in [-0.39, 0.29) is 17.7 Å². The lowest BCUT2D eigenvalue weighted by atomic mass is 10.0. The first kappa shape index (κ1) is 15.9. The van der Waals surface area contributed by atoms with Crippen LogP contribution in [0, 0.1) is 11.8 Å². The Labute approximate surface area is 103 Å². The van der Waals surface area contributed by atoms with Gasteiger partial charge in [-0.2, -0.15) is 0 Å². The number of carbonyl (C=O) groups excluding carboxylic acids is 2. The molecule has 0 aromatic rings. The van der Waals surface area contributed by atoms with E-state index in [1.54, 1.807) is 0 Å². The molecule has 2 unspecified atom stereocenters. The molecule has 0 aliphatic rings. The predicted molar refractivity (Wildman–Crippen MR) is 66.2 cm³/mol. The van der Waals surface area contributed by atoms with Crippen molar-refractivity contribution in [1.29, 1.82) is 0 Å². The number of esters is 1. The Bertz CT molecular complexity index is 254. The second-order valence-electron chi connectivity index (χ2n) is 4.59. The number of nitrogens with one attached hydrogen (secondary N) is 1. The van der Waals surface area contributed by atoms with Crippen molar-refractivity contribution >= 4 is 11.9 Å². The summed E-state index contributed by atoms with van der Waals surface area (Å²) in [5.41, 5.74) is 5.39. The maximum Gasteiger partial charge on any atom is 0.328 e. The largest absolute Gasteiger partial charge is 0.467 e. The average Bonchev–Trinajstić information content (AvgIpc) is 2.31. The zero-order valence-corrected chi connectivity index (χ0v) is 11.2. The summed E-state index contributed by atoms with van der Waals surface area (Å²) in [6, 6.07) is -0.576. The molecule has 5 heteroatoms. The molecule has 0 heterocycles. The summed E-state index contributed by atoms with van der Waals surface area (Å²) in [6.07, 6.45) is 1.54. The maximum absolute atomic E-state index is 11.8. The zero-order chi connectivity index (χ0) is 13.4. The second kappa shape index (κ2) is 8.06. The van der Waals surface area contributed by atoms with Gasteiger partial charge in [0.05, 0.1) is 7.11 Å². The molecule has 0 rings (SSSR count). The molecule has 0 aromatic carbocycles. The fourth-order valence-electron chi connectivity index (χ4n) is 1.48. The van der Waals surface area contributed by atoms with E-state index in [1.807, 2.05) is 20.8 Å². The minimum absolute atomic E-state index is 0.00751. The fourth-order valence-corrected chi connectivity index (χ4v) is 1.48. The zero-order valence-electron chi connectivity index (χ0n) is 11.2. The molecule has 0 aliphatic heterocycles. The van der Waals surface area contributed by atoms with Gasteiger partial charge in [0.15, 0.2) is 0 Å².